The molecule has 0 saturated heterocycles. The fourth-order valence-corrected chi connectivity index (χ4v) is 3.56. The fourth-order valence-electron chi connectivity index (χ4n) is 3.56. The van der Waals surface area contributed by atoms with Gasteiger partial charge in [-0.25, -0.2) is 0 Å². The Morgan fingerprint density at radius 3 is 2.50 bits per heavy atom. The van der Waals surface area contributed by atoms with Gasteiger partial charge in [0.15, 0.2) is 0 Å². The molecule has 6 heteroatoms. The van der Waals surface area contributed by atoms with Crippen LogP contribution < -0.4 is 5.32 Å². The van der Waals surface area contributed by atoms with E-state index in [4.69, 9.17) is 5.11 Å². The number of aliphatic hydroxyl groups is 1. The van der Waals surface area contributed by atoms with Crippen molar-refractivity contribution < 1.29 is 18.3 Å². The Balaban J connectivity index is 2.70. The molecule has 3 nitrogen and oxygen atoms in total. The Kier molecular flexibility index (Phi) is 6.28. The maximum Gasteiger partial charge on any atom is 0.401 e. The van der Waals surface area contributed by atoms with Crippen molar-refractivity contribution >= 4 is 0 Å². The maximum atomic E-state index is 12.6. The van der Waals surface area contributed by atoms with Gasteiger partial charge in [-0.05, 0) is 31.2 Å². The van der Waals surface area contributed by atoms with Crippen molar-refractivity contribution in [2.75, 3.05) is 33.3 Å². The van der Waals surface area contributed by atoms with Gasteiger partial charge >= 0.3 is 6.18 Å². The average molecular weight is 296 g/mol. The second kappa shape index (κ2) is 7.09. The average Bonchev–Trinajstić information content (AvgIpc) is 2.26. The first-order valence-electron chi connectivity index (χ1n) is 7.27. The third-order valence-corrected chi connectivity index (χ3v) is 4.33. The topological polar surface area (TPSA) is 35.5 Å². The summed E-state index contributed by atoms with van der Waals surface area (Å²) in [6.45, 7) is 3.61. The molecule has 0 aromatic carbocycles. The van der Waals surface area contributed by atoms with Crippen molar-refractivity contribution in [3.8, 4) is 0 Å². The van der Waals surface area contributed by atoms with Crippen LogP contribution in [0, 0.1) is 11.3 Å². The van der Waals surface area contributed by atoms with Crippen molar-refractivity contribution in [1.29, 1.82) is 0 Å². The Bertz CT molecular complexity index is 295. The summed E-state index contributed by atoms with van der Waals surface area (Å²) >= 11 is 0. The van der Waals surface area contributed by atoms with Crippen molar-refractivity contribution in [2.45, 2.75) is 45.3 Å². The lowest BCUT2D eigenvalue weighted by Gasteiger charge is -2.45. The summed E-state index contributed by atoms with van der Waals surface area (Å²) in [5.41, 5.74) is 0.0980. The molecule has 0 aromatic rings. The van der Waals surface area contributed by atoms with Crippen LogP contribution in [0.5, 0.6) is 0 Å². The van der Waals surface area contributed by atoms with Crippen molar-refractivity contribution in [3.05, 3.63) is 0 Å². The Morgan fingerprint density at radius 2 is 2.00 bits per heavy atom. The van der Waals surface area contributed by atoms with E-state index in [0.29, 0.717) is 6.54 Å². The van der Waals surface area contributed by atoms with Crippen molar-refractivity contribution in [3.63, 3.8) is 0 Å². The summed E-state index contributed by atoms with van der Waals surface area (Å²) in [5, 5.41) is 12.2. The number of hydrogen-bond donors (Lipinski definition) is 2. The first-order valence-corrected chi connectivity index (χ1v) is 7.27. The zero-order valence-electron chi connectivity index (χ0n) is 12.6. The molecule has 0 radical (unpaired) electrons. The first-order chi connectivity index (χ1) is 9.19. The molecule has 120 valence electrons. The van der Waals surface area contributed by atoms with Gasteiger partial charge in [0.2, 0.25) is 0 Å². The number of hydrogen-bond acceptors (Lipinski definition) is 3. The zero-order valence-corrected chi connectivity index (χ0v) is 12.6. The van der Waals surface area contributed by atoms with Crippen LogP contribution in [0.15, 0.2) is 0 Å². The summed E-state index contributed by atoms with van der Waals surface area (Å²) in [6, 6.07) is 0.214. The van der Waals surface area contributed by atoms with Crippen LogP contribution in [0.1, 0.15) is 33.1 Å². The van der Waals surface area contributed by atoms with E-state index in [2.05, 4.69) is 19.2 Å². The molecular formula is C14H27F3N2O. The van der Waals surface area contributed by atoms with Gasteiger partial charge in [0.05, 0.1) is 13.2 Å². The predicted molar refractivity (Wildman–Crippen MR) is 73.6 cm³/mol. The summed E-state index contributed by atoms with van der Waals surface area (Å²) in [5.74, 6) is 0.192. The van der Waals surface area contributed by atoms with Crippen LogP contribution in [-0.4, -0.2) is 55.5 Å². The van der Waals surface area contributed by atoms with Gasteiger partial charge in [0.1, 0.15) is 0 Å². The lowest BCUT2D eigenvalue weighted by atomic mass is 9.68. The van der Waals surface area contributed by atoms with Gasteiger partial charge in [-0.1, -0.05) is 20.3 Å². The van der Waals surface area contributed by atoms with Crippen LogP contribution in [0.4, 0.5) is 13.2 Å². The molecule has 1 saturated carbocycles. The van der Waals surface area contributed by atoms with E-state index < -0.39 is 12.7 Å². The molecule has 0 bridgehead atoms. The van der Waals surface area contributed by atoms with E-state index in [1.165, 1.54) is 4.90 Å². The molecule has 0 aromatic heterocycles. The molecule has 1 aliphatic carbocycles. The van der Waals surface area contributed by atoms with E-state index in [9.17, 15) is 13.2 Å². The SMILES string of the molecule is CNC1C(CN(CCO)CC(F)(F)F)CCCC1(C)C. The lowest BCUT2D eigenvalue weighted by Crippen LogP contribution is -2.52. The Morgan fingerprint density at radius 1 is 1.35 bits per heavy atom. The van der Waals surface area contributed by atoms with Crippen molar-refractivity contribution in [2.24, 2.45) is 11.3 Å². The highest BCUT2D eigenvalue weighted by molar-refractivity contribution is 4.93. The van der Waals surface area contributed by atoms with E-state index in [-0.39, 0.29) is 30.5 Å². The van der Waals surface area contributed by atoms with Gasteiger partial charge in [-0.15, -0.1) is 0 Å². The first kappa shape index (κ1) is 17.7. The number of aliphatic hydroxyl groups excluding tert-OH is 1. The van der Waals surface area contributed by atoms with Gasteiger partial charge < -0.3 is 10.4 Å². The maximum absolute atomic E-state index is 12.6. The standard InChI is InChI=1S/C14H27F3N2O/c1-13(2)6-4-5-11(12(13)18-3)9-19(7-8-20)10-14(15,16)17/h11-12,18,20H,4-10H2,1-3H3. The highest BCUT2D eigenvalue weighted by atomic mass is 19.4. The number of alkyl halides is 3. The Hall–Kier alpha value is -0.330. The summed E-state index contributed by atoms with van der Waals surface area (Å²) in [6.07, 6.45) is -1.13. The van der Waals surface area contributed by atoms with E-state index in [0.717, 1.165) is 19.3 Å². The molecule has 0 heterocycles. The quantitative estimate of drug-likeness (QED) is 0.789. The molecule has 2 unspecified atom stereocenters. The summed E-state index contributed by atoms with van der Waals surface area (Å²) < 4.78 is 37.7. The van der Waals surface area contributed by atoms with Gasteiger partial charge in [-0.3, -0.25) is 4.90 Å². The van der Waals surface area contributed by atoms with E-state index in [1.807, 2.05) is 7.05 Å². The predicted octanol–water partition coefficient (Wildman–Crippen LogP) is 2.26. The highest BCUT2D eigenvalue weighted by Gasteiger charge is 2.39. The normalized spacial score (nSPS) is 27.0. The number of halogens is 3. The lowest BCUT2D eigenvalue weighted by molar-refractivity contribution is -0.149. The van der Waals surface area contributed by atoms with Gasteiger partial charge in [-0.2, -0.15) is 13.2 Å². The molecule has 2 atom stereocenters. The molecule has 1 aliphatic rings. The van der Waals surface area contributed by atoms with Crippen LogP contribution in [0.25, 0.3) is 0 Å². The number of nitrogens with one attached hydrogen (secondary N) is 1. The molecule has 0 amide bonds. The van der Waals surface area contributed by atoms with Crippen LogP contribution in [0.2, 0.25) is 0 Å². The van der Waals surface area contributed by atoms with Crippen LogP contribution in [0.3, 0.4) is 0 Å². The second-order valence-electron chi connectivity index (χ2n) is 6.48. The fraction of sp³-hybridized carbons (Fsp3) is 1.00. The molecule has 20 heavy (non-hydrogen) atoms. The second-order valence-corrected chi connectivity index (χ2v) is 6.48. The number of rotatable bonds is 6. The number of nitrogens with zero attached hydrogens (tertiary/aromatic N) is 1. The Labute approximate surface area is 119 Å². The minimum atomic E-state index is -4.21. The minimum absolute atomic E-state index is 0.0763. The summed E-state index contributed by atoms with van der Waals surface area (Å²) in [4.78, 5) is 1.33. The molecule has 0 aliphatic heterocycles. The van der Waals surface area contributed by atoms with Crippen LogP contribution >= 0.6 is 0 Å². The minimum Gasteiger partial charge on any atom is -0.395 e. The molecule has 0 spiro atoms. The molecular weight excluding hydrogens is 269 g/mol. The van der Waals surface area contributed by atoms with E-state index >= 15 is 0 Å². The highest BCUT2D eigenvalue weighted by Crippen LogP contribution is 2.39. The third kappa shape index (κ3) is 5.22. The third-order valence-electron chi connectivity index (χ3n) is 4.33. The molecule has 1 fully saturated rings. The molecule has 1 rings (SSSR count). The largest absolute Gasteiger partial charge is 0.401 e. The smallest absolute Gasteiger partial charge is 0.395 e. The van der Waals surface area contributed by atoms with Crippen molar-refractivity contribution in [1.82, 2.24) is 10.2 Å². The zero-order chi connectivity index (χ0) is 15.4. The molecule has 2 N–H and O–H groups in total. The van der Waals surface area contributed by atoms with Gasteiger partial charge in [0, 0.05) is 19.1 Å². The van der Waals surface area contributed by atoms with E-state index in [1.54, 1.807) is 0 Å². The monoisotopic (exact) mass is 296 g/mol. The van der Waals surface area contributed by atoms with Crippen LogP contribution in [-0.2, 0) is 0 Å². The summed E-state index contributed by atoms with van der Waals surface area (Å²) in [7, 11) is 1.88. The van der Waals surface area contributed by atoms with Gasteiger partial charge in [0.25, 0.3) is 0 Å².